The maximum atomic E-state index is 12.3. The number of hydrogen-bond donors (Lipinski definition) is 2. The third kappa shape index (κ3) is 1.69. The number of nitrogens with zero attached hydrogens (tertiary/aromatic N) is 1. The van der Waals surface area contributed by atoms with Gasteiger partial charge in [-0.05, 0) is 18.3 Å². The second kappa shape index (κ2) is 4.55. The van der Waals surface area contributed by atoms with E-state index >= 15 is 0 Å². The summed E-state index contributed by atoms with van der Waals surface area (Å²) in [6, 6.07) is 3.32. The Bertz CT molecular complexity index is 1060. The quantitative estimate of drug-likeness (QED) is 0.661. The Labute approximate surface area is 132 Å². The van der Waals surface area contributed by atoms with Crippen molar-refractivity contribution in [2.45, 2.75) is 0 Å². The van der Waals surface area contributed by atoms with Crippen LogP contribution >= 0.6 is 23.6 Å². The lowest BCUT2D eigenvalue weighted by molar-refractivity contribution is 0.0968. The minimum absolute atomic E-state index is 0.116. The lowest BCUT2D eigenvalue weighted by Gasteiger charge is -2.05. The minimum Gasteiger partial charge on any atom is -0.454 e. The molecule has 2 aromatic heterocycles. The molecule has 0 fully saturated rings. The molecule has 9 heteroatoms. The van der Waals surface area contributed by atoms with E-state index in [1.54, 1.807) is 16.5 Å². The first kappa shape index (κ1) is 13.3. The number of H-pyrrole nitrogens is 1. The van der Waals surface area contributed by atoms with Crippen molar-refractivity contribution in [1.29, 1.82) is 0 Å². The molecule has 3 aromatic rings. The van der Waals surface area contributed by atoms with Crippen LogP contribution in [0.4, 0.5) is 0 Å². The summed E-state index contributed by atoms with van der Waals surface area (Å²) in [4.78, 5) is 27.4. The fourth-order valence-corrected chi connectivity index (χ4v) is 3.77. The van der Waals surface area contributed by atoms with Gasteiger partial charge in [0.25, 0.3) is 11.5 Å². The Kier molecular flexibility index (Phi) is 2.75. The van der Waals surface area contributed by atoms with E-state index < -0.39 is 0 Å². The molecule has 1 amide bonds. The lowest BCUT2D eigenvalue weighted by Crippen LogP contribution is -2.18. The summed E-state index contributed by atoms with van der Waals surface area (Å²) in [5.41, 5.74) is 0.649. The molecular formula is C13H9N3O4S2. The van der Waals surface area contributed by atoms with E-state index in [0.29, 0.717) is 36.9 Å². The summed E-state index contributed by atoms with van der Waals surface area (Å²) < 4.78 is 12.8. The number of aromatic amines is 1. The van der Waals surface area contributed by atoms with E-state index in [1.165, 1.54) is 7.05 Å². The summed E-state index contributed by atoms with van der Waals surface area (Å²) in [6.07, 6.45) is 0. The molecule has 4 rings (SSSR count). The van der Waals surface area contributed by atoms with Crippen molar-refractivity contribution in [3.05, 3.63) is 31.3 Å². The Morgan fingerprint density at radius 2 is 2.14 bits per heavy atom. The smallest absolute Gasteiger partial charge is 0.264 e. The monoisotopic (exact) mass is 335 g/mol. The molecule has 0 unspecified atom stereocenters. The average Bonchev–Trinajstić information content (AvgIpc) is 3.09. The molecule has 0 radical (unpaired) electrons. The van der Waals surface area contributed by atoms with Crippen LogP contribution in [0, 0.1) is 3.95 Å². The SMILES string of the molecule is CNC(=O)c1sc(=S)n2c1[nH]c(=O)c1cc3c(cc12)OCO3. The van der Waals surface area contributed by atoms with Crippen LogP contribution in [0.15, 0.2) is 16.9 Å². The van der Waals surface area contributed by atoms with Crippen LogP contribution in [0.5, 0.6) is 11.5 Å². The highest BCUT2D eigenvalue weighted by Gasteiger charge is 2.21. The number of benzene rings is 1. The third-order valence-electron chi connectivity index (χ3n) is 3.45. The molecule has 0 saturated carbocycles. The molecule has 1 aliphatic rings. The fraction of sp³-hybridized carbons (Fsp3) is 0.154. The predicted molar refractivity (Wildman–Crippen MR) is 83.7 cm³/mol. The minimum atomic E-state index is -0.314. The molecule has 7 nitrogen and oxygen atoms in total. The summed E-state index contributed by atoms with van der Waals surface area (Å²) in [5.74, 6) is 0.772. The summed E-state index contributed by atoms with van der Waals surface area (Å²) in [5, 5.41) is 2.97. The van der Waals surface area contributed by atoms with Gasteiger partial charge < -0.3 is 19.8 Å². The summed E-state index contributed by atoms with van der Waals surface area (Å²) in [6.45, 7) is 0.116. The predicted octanol–water partition coefficient (Wildman–Crippen LogP) is 1.66. The van der Waals surface area contributed by atoms with Crippen LogP contribution in [-0.2, 0) is 0 Å². The Morgan fingerprint density at radius 3 is 2.86 bits per heavy atom. The first-order chi connectivity index (χ1) is 10.6. The van der Waals surface area contributed by atoms with Gasteiger partial charge in [-0.25, -0.2) is 0 Å². The van der Waals surface area contributed by atoms with Crippen LogP contribution < -0.4 is 20.3 Å². The van der Waals surface area contributed by atoms with Crippen LogP contribution in [0.2, 0.25) is 0 Å². The van der Waals surface area contributed by atoms with E-state index in [0.717, 1.165) is 11.3 Å². The number of fused-ring (bicyclic) bond motifs is 4. The standard InChI is InChI=1S/C13H9N3O4S2/c1-14-12(18)9-10-15-11(17)5-2-7-8(20-4-19-7)3-6(5)16(10)13(21)22-9/h2-3H,4H2,1H3,(H,14,18)(H,15,17). The van der Waals surface area contributed by atoms with Crippen LogP contribution in [0.1, 0.15) is 9.67 Å². The van der Waals surface area contributed by atoms with E-state index in [-0.39, 0.29) is 18.3 Å². The Hall–Kier alpha value is -2.39. The van der Waals surface area contributed by atoms with Gasteiger partial charge >= 0.3 is 0 Å². The topological polar surface area (TPSA) is 84.8 Å². The van der Waals surface area contributed by atoms with Gasteiger partial charge in [0.1, 0.15) is 10.5 Å². The molecule has 0 atom stereocenters. The van der Waals surface area contributed by atoms with Gasteiger partial charge in [-0.2, -0.15) is 0 Å². The highest BCUT2D eigenvalue weighted by molar-refractivity contribution is 7.73. The normalized spacial score (nSPS) is 13.0. The first-order valence-electron chi connectivity index (χ1n) is 6.33. The van der Waals surface area contributed by atoms with Crippen molar-refractivity contribution in [3.63, 3.8) is 0 Å². The zero-order valence-electron chi connectivity index (χ0n) is 11.3. The average molecular weight is 335 g/mol. The van der Waals surface area contributed by atoms with Crippen molar-refractivity contribution in [2.24, 2.45) is 0 Å². The van der Waals surface area contributed by atoms with E-state index in [4.69, 9.17) is 21.7 Å². The van der Waals surface area contributed by atoms with Crippen molar-refractivity contribution in [2.75, 3.05) is 13.8 Å². The number of hydrogen-bond acceptors (Lipinski definition) is 6. The largest absolute Gasteiger partial charge is 0.454 e. The van der Waals surface area contributed by atoms with Gasteiger partial charge in [-0.3, -0.25) is 14.0 Å². The molecule has 1 aliphatic heterocycles. The van der Waals surface area contributed by atoms with Gasteiger partial charge in [-0.1, -0.05) is 11.3 Å². The van der Waals surface area contributed by atoms with Gasteiger partial charge in [0.15, 0.2) is 15.5 Å². The number of amides is 1. The van der Waals surface area contributed by atoms with Gasteiger partial charge in [0.2, 0.25) is 6.79 Å². The Morgan fingerprint density at radius 1 is 1.41 bits per heavy atom. The van der Waals surface area contributed by atoms with Gasteiger partial charge in [0.05, 0.1) is 10.9 Å². The molecule has 0 bridgehead atoms. The van der Waals surface area contributed by atoms with Crippen molar-refractivity contribution < 1.29 is 14.3 Å². The second-order valence-corrected chi connectivity index (χ2v) is 6.28. The lowest BCUT2D eigenvalue weighted by atomic mass is 10.2. The van der Waals surface area contributed by atoms with Crippen molar-refractivity contribution in [1.82, 2.24) is 14.7 Å². The highest BCUT2D eigenvalue weighted by Crippen LogP contribution is 2.35. The molecule has 3 heterocycles. The molecule has 22 heavy (non-hydrogen) atoms. The van der Waals surface area contributed by atoms with E-state index in [2.05, 4.69) is 10.3 Å². The number of aromatic nitrogens is 2. The number of rotatable bonds is 1. The number of thiazole rings is 1. The number of nitrogens with one attached hydrogen (secondary N) is 2. The van der Waals surface area contributed by atoms with Crippen LogP contribution in [0.3, 0.4) is 0 Å². The second-order valence-electron chi connectivity index (χ2n) is 4.64. The Balaban J connectivity index is 2.20. The zero-order chi connectivity index (χ0) is 15.4. The van der Waals surface area contributed by atoms with Crippen LogP contribution in [0.25, 0.3) is 16.6 Å². The molecule has 0 aliphatic carbocycles. The maximum Gasteiger partial charge on any atom is 0.264 e. The van der Waals surface area contributed by atoms with Gasteiger partial charge in [0, 0.05) is 13.1 Å². The van der Waals surface area contributed by atoms with E-state index in [9.17, 15) is 9.59 Å². The molecule has 2 N–H and O–H groups in total. The van der Waals surface area contributed by atoms with Crippen LogP contribution in [-0.4, -0.2) is 29.1 Å². The van der Waals surface area contributed by atoms with Crippen molar-refractivity contribution >= 4 is 46.0 Å². The summed E-state index contributed by atoms with van der Waals surface area (Å²) in [7, 11) is 1.53. The van der Waals surface area contributed by atoms with Crippen molar-refractivity contribution in [3.8, 4) is 11.5 Å². The summed E-state index contributed by atoms with van der Waals surface area (Å²) >= 11 is 6.49. The molecular weight excluding hydrogens is 326 g/mol. The molecule has 1 aromatic carbocycles. The third-order valence-corrected chi connectivity index (χ3v) is 4.82. The zero-order valence-corrected chi connectivity index (χ0v) is 12.9. The number of ether oxygens (including phenoxy) is 2. The molecule has 0 spiro atoms. The first-order valence-corrected chi connectivity index (χ1v) is 7.56. The fourth-order valence-electron chi connectivity index (χ4n) is 2.45. The maximum absolute atomic E-state index is 12.3. The molecule has 112 valence electrons. The number of carbonyl (C=O) groups excluding carboxylic acids is 1. The number of carbonyl (C=O) groups is 1. The van der Waals surface area contributed by atoms with Gasteiger partial charge in [-0.15, -0.1) is 0 Å². The molecule has 0 saturated heterocycles. The van der Waals surface area contributed by atoms with E-state index in [1.807, 2.05) is 0 Å². The highest BCUT2D eigenvalue weighted by atomic mass is 32.1.